The number of hydrogen-bond donors (Lipinski definition) is 1. The summed E-state index contributed by atoms with van der Waals surface area (Å²) in [4.78, 5) is 16.9. The fraction of sp³-hybridized carbons (Fsp3) is 0.200. The van der Waals surface area contributed by atoms with Crippen LogP contribution in [-0.2, 0) is 4.79 Å². The molecule has 0 aliphatic carbocycles. The molecule has 1 amide bonds. The van der Waals surface area contributed by atoms with E-state index in [4.69, 9.17) is 16.3 Å². The maximum atomic E-state index is 12.5. The number of thioether (sulfide) groups is 1. The second-order valence-electron chi connectivity index (χ2n) is 5.77. The summed E-state index contributed by atoms with van der Waals surface area (Å²) in [6.45, 7) is 4.39. The first-order valence-corrected chi connectivity index (χ1v) is 9.82. The Bertz CT molecular complexity index is 912. The minimum Gasteiger partial charge on any atom is -0.494 e. The number of hydrogen-bond acceptors (Lipinski definition) is 4. The lowest BCUT2D eigenvalue weighted by Gasteiger charge is -2.13. The summed E-state index contributed by atoms with van der Waals surface area (Å²) in [5.41, 5.74) is 1.63. The van der Waals surface area contributed by atoms with Crippen molar-refractivity contribution >= 4 is 35.0 Å². The van der Waals surface area contributed by atoms with Crippen molar-refractivity contribution in [3.05, 3.63) is 65.9 Å². The predicted octanol–water partition coefficient (Wildman–Crippen LogP) is 5.04. The Kier molecular flexibility index (Phi) is 6.42. The molecule has 140 valence electrons. The van der Waals surface area contributed by atoms with Gasteiger partial charge >= 0.3 is 0 Å². The number of anilines is 1. The molecule has 7 heteroatoms. The van der Waals surface area contributed by atoms with Gasteiger partial charge in [0, 0.05) is 28.8 Å². The van der Waals surface area contributed by atoms with Gasteiger partial charge in [0.1, 0.15) is 5.75 Å². The lowest BCUT2D eigenvalue weighted by Crippen LogP contribution is -2.22. The van der Waals surface area contributed by atoms with Gasteiger partial charge in [0.2, 0.25) is 5.91 Å². The van der Waals surface area contributed by atoms with Gasteiger partial charge in [-0.2, -0.15) is 0 Å². The molecule has 1 unspecified atom stereocenters. The number of benzene rings is 2. The van der Waals surface area contributed by atoms with Gasteiger partial charge in [0.25, 0.3) is 0 Å². The number of aromatic nitrogens is 2. The van der Waals surface area contributed by atoms with Gasteiger partial charge in [0.05, 0.1) is 11.9 Å². The molecule has 0 aliphatic heterocycles. The Labute approximate surface area is 167 Å². The first-order valence-electron chi connectivity index (χ1n) is 8.56. The molecule has 1 atom stereocenters. The number of nitrogens with zero attached hydrogens (tertiary/aromatic N) is 2. The number of carbonyl (C=O) groups excluding carboxylic acids is 1. The molecule has 27 heavy (non-hydrogen) atoms. The smallest absolute Gasteiger partial charge is 0.237 e. The summed E-state index contributed by atoms with van der Waals surface area (Å²) >= 11 is 7.47. The van der Waals surface area contributed by atoms with Crippen molar-refractivity contribution in [3.8, 4) is 11.4 Å². The summed E-state index contributed by atoms with van der Waals surface area (Å²) in [5.74, 6) is 0.686. The third-order valence-electron chi connectivity index (χ3n) is 3.78. The van der Waals surface area contributed by atoms with Crippen LogP contribution in [0.4, 0.5) is 5.69 Å². The molecular weight excluding hydrogens is 382 g/mol. The Balaban J connectivity index is 1.66. The van der Waals surface area contributed by atoms with Crippen molar-refractivity contribution in [2.75, 3.05) is 11.9 Å². The molecule has 1 N–H and O–H groups in total. The molecule has 5 nitrogen and oxygen atoms in total. The number of halogens is 1. The molecule has 1 heterocycles. The van der Waals surface area contributed by atoms with E-state index in [1.165, 1.54) is 11.8 Å². The Morgan fingerprint density at radius 1 is 1.30 bits per heavy atom. The van der Waals surface area contributed by atoms with Crippen LogP contribution in [0.3, 0.4) is 0 Å². The number of rotatable bonds is 7. The summed E-state index contributed by atoms with van der Waals surface area (Å²) in [6.07, 6.45) is 3.56. The zero-order valence-corrected chi connectivity index (χ0v) is 16.6. The third-order valence-corrected chi connectivity index (χ3v) is 5.09. The summed E-state index contributed by atoms with van der Waals surface area (Å²) in [6, 6.07) is 14.8. The monoisotopic (exact) mass is 401 g/mol. The van der Waals surface area contributed by atoms with Gasteiger partial charge in [0.15, 0.2) is 5.16 Å². The van der Waals surface area contributed by atoms with Crippen LogP contribution in [-0.4, -0.2) is 27.3 Å². The summed E-state index contributed by atoms with van der Waals surface area (Å²) < 4.78 is 7.32. The second kappa shape index (κ2) is 8.97. The fourth-order valence-corrected chi connectivity index (χ4v) is 3.52. The molecule has 0 radical (unpaired) electrons. The molecule has 0 saturated carbocycles. The Morgan fingerprint density at radius 2 is 2.07 bits per heavy atom. The quantitative estimate of drug-likeness (QED) is 0.563. The van der Waals surface area contributed by atoms with Crippen LogP contribution >= 0.6 is 23.4 Å². The molecular formula is C20H20ClN3O2S. The maximum Gasteiger partial charge on any atom is 0.237 e. The Hall–Kier alpha value is -2.44. The molecule has 2 aromatic carbocycles. The Morgan fingerprint density at radius 3 is 2.78 bits per heavy atom. The van der Waals surface area contributed by atoms with Crippen molar-refractivity contribution in [1.29, 1.82) is 0 Å². The van der Waals surface area contributed by atoms with Crippen LogP contribution in [0.1, 0.15) is 13.8 Å². The van der Waals surface area contributed by atoms with E-state index in [2.05, 4.69) is 10.3 Å². The standard InChI is InChI=1S/C20H20ClN3O2S/c1-3-26-18-9-7-16(8-10-18)23-19(25)14(2)27-20-22-11-12-24(20)17-6-4-5-15(21)13-17/h4-14H,3H2,1-2H3,(H,23,25). The molecule has 1 aromatic heterocycles. The van der Waals surface area contributed by atoms with E-state index < -0.39 is 0 Å². The lowest BCUT2D eigenvalue weighted by molar-refractivity contribution is -0.115. The largest absolute Gasteiger partial charge is 0.494 e. The molecule has 0 bridgehead atoms. The molecule has 0 fully saturated rings. The highest BCUT2D eigenvalue weighted by Gasteiger charge is 2.18. The molecule has 3 rings (SSSR count). The SMILES string of the molecule is CCOc1ccc(NC(=O)C(C)Sc2nccn2-c2cccc(Cl)c2)cc1. The highest BCUT2D eigenvalue weighted by Crippen LogP contribution is 2.26. The van der Waals surface area contributed by atoms with E-state index >= 15 is 0 Å². The lowest BCUT2D eigenvalue weighted by atomic mass is 10.3. The minimum atomic E-state index is -0.322. The van der Waals surface area contributed by atoms with E-state index in [1.54, 1.807) is 6.20 Å². The second-order valence-corrected chi connectivity index (χ2v) is 7.51. The zero-order valence-electron chi connectivity index (χ0n) is 15.1. The average molecular weight is 402 g/mol. The highest BCUT2D eigenvalue weighted by atomic mass is 35.5. The van der Waals surface area contributed by atoms with Gasteiger partial charge in [-0.3, -0.25) is 9.36 Å². The number of amides is 1. The van der Waals surface area contributed by atoms with Crippen molar-refractivity contribution in [3.63, 3.8) is 0 Å². The highest BCUT2D eigenvalue weighted by molar-refractivity contribution is 8.00. The van der Waals surface area contributed by atoms with Gasteiger partial charge in [-0.15, -0.1) is 0 Å². The fourth-order valence-electron chi connectivity index (χ4n) is 2.46. The van der Waals surface area contributed by atoms with Gasteiger partial charge < -0.3 is 10.1 Å². The number of imidazole rings is 1. The number of nitrogens with one attached hydrogen (secondary N) is 1. The third kappa shape index (κ3) is 5.05. The maximum absolute atomic E-state index is 12.5. The van der Waals surface area contributed by atoms with Crippen LogP contribution in [0.5, 0.6) is 5.75 Å². The van der Waals surface area contributed by atoms with Crippen LogP contribution in [0, 0.1) is 0 Å². The van der Waals surface area contributed by atoms with Crippen LogP contribution in [0.15, 0.2) is 66.1 Å². The van der Waals surface area contributed by atoms with Crippen molar-refractivity contribution in [2.24, 2.45) is 0 Å². The van der Waals surface area contributed by atoms with E-state index in [0.717, 1.165) is 22.3 Å². The summed E-state index contributed by atoms with van der Waals surface area (Å²) in [5, 5.41) is 3.98. The average Bonchev–Trinajstić information content (AvgIpc) is 3.11. The molecule has 3 aromatic rings. The van der Waals surface area contributed by atoms with Crippen LogP contribution in [0.25, 0.3) is 5.69 Å². The summed E-state index contributed by atoms with van der Waals surface area (Å²) in [7, 11) is 0. The first kappa shape index (κ1) is 19.3. The number of ether oxygens (including phenoxy) is 1. The van der Waals surface area contributed by atoms with Crippen LogP contribution < -0.4 is 10.1 Å². The van der Waals surface area contributed by atoms with Crippen molar-refractivity contribution in [1.82, 2.24) is 9.55 Å². The predicted molar refractivity (Wildman–Crippen MR) is 110 cm³/mol. The van der Waals surface area contributed by atoms with Crippen molar-refractivity contribution in [2.45, 2.75) is 24.3 Å². The van der Waals surface area contributed by atoms with E-state index in [0.29, 0.717) is 11.6 Å². The molecule has 0 spiro atoms. The van der Waals surface area contributed by atoms with E-state index in [9.17, 15) is 4.79 Å². The van der Waals surface area contributed by atoms with Crippen molar-refractivity contribution < 1.29 is 9.53 Å². The minimum absolute atomic E-state index is 0.0928. The van der Waals surface area contributed by atoms with Crippen LogP contribution in [0.2, 0.25) is 5.02 Å². The molecule has 0 saturated heterocycles. The van der Waals surface area contributed by atoms with E-state index in [-0.39, 0.29) is 11.2 Å². The first-order chi connectivity index (χ1) is 13.1. The topological polar surface area (TPSA) is 56.1 Å². The number of carbonyl (C=O) groups is 1. The molecule has 0 aliphatic rings. The zero-order chi connectivity index (χ0) is 19.2. The van der Waals surface area contributed by atoms with Gasteiger partial charge in [-0.05, 0) is 56.3 Å². The van der Waals surface area contributed by atoms with Gasteiger partial charge in [-0.25, -0.2) is 4.98 Å². The normalized spacial score (nSPS) is 11.8. The van der Waals surface area contributed by atoms with Gasteiger partial charge in [-0.1, -0.05) is 29.4 Å². The van der Waals surface area contributed by atoms with E-state index in [1.807, 2.05) is 73.1 Å².